The number of nitrogens with zero attached hydrogens (tertiary/aromatic N) is 2. The summed E-state index contributed by atoms with van der Waals surface area (Å²) < 4.78 is 29.1. The normalized spacial score (nSPS) is 12.1. The van der Waals surface area contributed by atoms with Gasteiger partial charge in [-0.1, -0.05) is 79.0 Å². The lowest BCUT2D eigenvalue weighted by Gasteiger charge is -2.33. The average Bonchev–Trinajstić information content (AvgIpc) is 2.93. The van der Waals surface area contributed by atoms with Gasteiger partial charge in [-0.15, -0.1) is 0 Å². The van der Waals surface area contributed by atoms with Crippen molar-refractivity contribution >= 4 is 50.7 Å². The van der Waals surface area contributed by atoms with Crippen molar-refractivity contribution in [3.63, 3.8) is 0 Å². The number of carbonyl (C=O) groups excluding carboxylic acids is 2. The summed E-state index contributed by atoms with van der Waals surface area (Å²) in [5.74, 6) is -0.856. The van der Waals surface area contributed by atoms with Crippen LogP contribution in [0.4, 0.5) is 5.69 Å². The highest BCUT2D eigenvalue weighted by Crippen LogP contribution is 2.31. The van der Waals surface area contributed by atoms with Crippen LogP contribution in [0.25, 0.3) is 0 Å². The van der Waals surface area contributed by atoms with Crippen molar-refractivity contribution in [1.29, 1.82) is 0 Å². The molecule has 214 valence electrons. The van der Waals surface area contributed by atoms with Gasteiger partial charge in [0.05, 0.1) is 10.6 Å². The van der Waals surface area contributed by atoms with Crippen LogP contribution in [0.15, 0.2) is 71.6 Å². The molecular weight excluding hydrogens is 569 g/mol. The molecule has 3 aromatic rings. The SMILES string of the molecule is CCCNC(=O)[C@H](CC)N(Cc1ccccc1Cl)C(=O)CN(c1cccc(Cl)c1C)S(=O)(=O)c1ccc(C)cc1. The topological polar surface area (TPSA) is 86.8 Å². The van der Waals surface area contributed by atoms with Crippen molar-refractivity contribution in [3.8, 4) is 0 Å². The molecule has 0 saturated carbocycles. The fraction of sp³-hybridized carbons (Fsp3) is 0.333. The van der Waals surface area contributed by atoms with E-state index in [1.807, 2.05) is 20.8 Å². The van der Waals surface area contributed by atoms with Gasteiger partial charge in [-0.25, -0.2) is 8.42 Å². The van der Waals surface area contributed by atoms with Crippen molar-refractivity contribution in [3.05, 3.63) is 93.5 Å². The lowest BCUT2D eigenvalue weighted by atomic mass is 10.1. The van der Waals surface area contributed by atoms with Crippen LogP contribution in [0.2, 0.25) is 10.0 Å². The molecule has 10 heteroatoms. The van der Waals surface area contributed by atoms with Gasteiger partial charge in [0, 0.05) is 23.1 Å². The molecule has 7 nitrogen and oxygen atoms in total. The van der Waals surface area contributed by atoms with Crippen molar-refractivity contribution in [2.75, 3.05) is 17.4 Å². The average molecular weight is 605 g/mol. The molecule has 3 aromatic carbocycles. The first-order valence-corrected chi connectivity index (χ1v) is 15.4. The number of aryl methyl sites for hydroxylation is 1. The molecule has 0 radical (unpaired) electrons. The Morgan fingerprint density at radius 2 is 1.55 bits per heavy atom. The van der Waals surface area contributed by atoms with Crippen molar-refractivity contribution in [2.24, 2.45) is 0 Å². The van der Waals surface area contributed by atoms with E-state index in [1.54, 1.807) is 61.5 Å². The van der Waals surface area contributed by atoms with Crippen LogP contribution in [-0.4, -0.2) is 44.3 Å². The number of rotatable bonds is 12. The molecule has 0 aromatic heterocycles. The number of hydrogen-bond acceptors (Lipinski definition) is 4. The molecule has 0 aliphatic rings. The van der Waals surface area contributed by atoms with Gasteiger partial charge in [-0.3, -0.25) is 13.9 Å². The van der Waals surface area contributed by atoms with Gasteiger partial charge in [0.25, 0.3) is 10.0 Å². The Balaban J connectivity index is 2.11. The van der Waals surface area contributed by atoms with Crippen LogP contribution in [0.3, 0.4) is 0 Å². The lowest BCUT2D eigenvalue weighted by Crippen LogP contribution is -2.52. The highest BCUT2D eigenvalue weighted by molar-refractivity contribution is 7.92. The summed E-state index contributed by atoms with van der Waals surface area (Å²) in [6.07, 6.45) is 1.06. The third kappa shape index (κ3) is 7.36. The number of carbonyl (C=O) groups is 2. The number of benzene rings is 3. The van der Waals surface area contributed by atoms with E-state index < -0.39 is 28.5 Å². The first-order valence-electron chi connectivity index (χ1n) is 13.2. The van der Waals surface area contributed by atoms with E-state index in [0.29, 0.717) is 34.1 Å². The minimum atomic E-state index is -4.19. The highest BCUT2D eigenvalue weighted by atomic mass is 35.5. The molecule has 0 saturated heterocycles. The minimum absolute atomic E-state index is 0.0313. The molecule has 0 aliphatic carbocycles. The zero-order valence-corrected chi connectivity index (χ0v) is 25.5. The van der Waals surface area contributed by atoms with Gasteiger partial charge >= 0.3 is 0 Å². The second-order valence-corrected chi connectivity index (χ2v) is 12.2. The predicted octanol–water partition coefficient (Wildman–Crippen LogP) is 6.14. The Kier molecular flexibility index (Phi) is 11.0. The van der Waals surface area contributed by atoms with E-state index in [2.05, 4.69) is 5.32 Å². The van der Waals surface area contributed by atoms with Gasteiger partial charge in [0.1, 0.15) is 12.6 Å². The van der Waals surface area contributed by atoms with Crippen LogP contribution in [0, 0.1) is 13.8 Å². The summed E-state index contributed by atoms with van der Waals surface area (Å²) in [4.78, 5) is 28.7. The molecule has 0 fully saturated rings. The summed E-state index contributed by atoms with van der Waals surface area (Å²) in [5.41, 5.74) is 2.34. The first-order chi connectivity index (χ1) is 19.0. The van der Waals surface area contributed by atoms with Gasteiger partial charge in [0.2, 0.25) is 11.8 Å². The summed E-state index contributed by atoms with van der Waals surface area (Å²) in [5, 5.41) is 3.68. The Morgan fingerprint density at radius 1 is 0.900 bits per heavy atom. The van der Waals surface area contributed by atoms with Crippen LogP contribution in [0.1, 0.15) is 43.4 Å². The zero-order valence-electron chi connectivity index (χ0n) is 23.2. The van der Waals surface area contributed by atoms with Gasteiger partial charge in [0.15, 0.2) is 0 Å². The maximum Gasteiger partial charge on any atom is 0.264 e. The summed E-state index contributed by atoms with van der Waals surface area (Å²) in [6.45, 7) is 7.26. The Hall–Kier alpha value is -3.07. The number of sulfonamides is 1. The summed E-state index contributed by atoms with van der Waals surface area (Å²) in [6, 6.07) is 17.6. The molecule has 1 atom stereocenters. The fourth-order valence-corrected chi connectivity index (χ4v) is 6.15. The largest absolute Gasteiger partial charge is 0.354 e. The maximum atomic E-state index is 14.1. The van der Waals surface area contributed by atoms with Gasteiger partial charge < -0.3 is 10.2 Å². The Labute approximate surface area is 247 Å². The van der Waals surface area contributed by atoms with E-state index in [-0.39, 0.29) is 23.0 Å². The second kappa shape index (κ2) is 14.0. The second-order valence-electron chi connectivity index (χ2n) is 9.54. The standard InChI is InChI=1S/C30H35Cl2N3O4S/c1-5-18-33-30(37)27(6-2)34(19-23-10-7-8-11-26(23)32)29(36)20-35(28-13-9-12-25(31)22(28)4)40(38,39)24-16-14-21(3)15-17-24/h7-17,27H,5-6,18-20H2,1-4H3,(H,33,37)/t27-/m0/s1. The molecule has 0 heterocycles. The van der Waals surface area contributed by atoms with Crippen LogP contribution < -0.4 is 9.62 Å². The number of hydrogen-bond donors (Lipinski definition) is 1. The van der Waals surface area contributed by atoms with Gasteiger partial charge in [-0.05, 0) is 68.1 Å². The van der Waals surface area contributed by atoms with E-state index in [1.165, 1.54) is 17.0 Å². The Bertz CT molecular complexity index is 1450. The monoisotopic (exact) mass is 603 g/mol. The highest BCUT2D eigenvalue weighted by Gasteiger charge is 2.34. The predicted molar refractivity (Wildman–Crippen MR) is 161 cm³/mol. The van der Waals surface area contributed by atoms with Crippen LogP contribution >= 0.6 is 23.2 Å². The third-order valence-corrected chi connectivity index (χ3v) is 9.18. The van der Waals surface area contributed by atoms with E-state index in [9.17, 15) is 18.0 Å². The molecule has 0 bridgehead atoms. The third-order valence-electron chi connectivity index (χ3n) is 6.63. The number of halogens is 2. The zero-order chi connectivity index (χ0) is 29.4. The lowest BCUT2D eigenvalue weighted by molar-refractivity contribution is -0.140. The number of nitrogens with one attached hydrogen (secondary N) is 1. The molecule has 0 unspecified atom stereocenters. The molecule has 2 amide bonds. The molecule has 40 heavy (non-hydrogen) atoms. The minimum Gasteiger partial charge on any atom is -0.354 e. The fourth-order valence-electron chi connectivity index (χ4n) is 4.31. The summed E-state index contributed by atoms with van der Waals surface area (Å²) in [7, 11) is -4.19. The smallest absolute Gasteiger partial charge is 0.264 e. The van der Waals surface area contributed by atoms with Crippen LogP contribution in [-0.2, 0) is 26.2 Å². The molecule has 3 rings (SSSR count). The van der Waals surface area contributed by atoms with Crippen LogP contribution in [0.5, 0.6) is 0 Å². The van der Waals surface area contributed by atoms with E-state index in [4.69, 9.17) is 23.2 Å². The quantitative estimate of drug-likeness (QED) is 0.269. The van der Waals surface area contributed by atoms with E-state index in [0.717, 1.165) is 16.3 Å². The first kappa shape index (κ1) is 31.5. The Morgan fingerprint density at radius 3 is 2.17 bits per heavy atom. The van der Waals surface area contributed by atoms with E-state index >= 15 is 0 Å². The van der Waals surface area contributed by atoms with Crippen molar-refractivity contribution in [1.82, 2.24) is 10.2 Å². The maximum absolute atomic E-state index is 14.1. The number of anilines is 1. The summed E-state index contributed by atoms with van der Waals surface area (Å²) >= 11 is 12.8. The molecule has 0 aliphatic heterocycles. The molecular formula is C30H35Cl2N3O4S. The van der Waals surface area contributed by atoms with Gasteiger partial charge in [-0.2, -0.15) is 0 Å². The van der Waals surface area contributed by atoms with Crippen molar-refractivity contribution < 1.29 is 18.0 Å². The molecule has 1 N–H and O–H groups in total. The van der Waals surface area contributed by atoms with Crippen molar-refractivity contribution in [2.45, 2.75) is 58.0 Å². The molecule has 0 spiro atoms. The number of amides is 2.